The molecule has 0 amide bonds. The number of hydrogen-bond donors (Lipinski definition) is 1. The van der Waals surface area contributed by atoms with Crippen molar-refractivity contribution in [2.45, 2.75) is 40.2 Å². The van der Waals surface area contributed by atoms with Crippen LogP contribution in [0.5, 0.6) is 5.75 Å². The lowest BCUT2D eigenvalue weighted by Gasteiger charge is -2.17. The number of ether oxygens (including phenoxy) is 1. The van der Waals surface area contributed by atoms with Gasteiger partial charge in [-0.1, -0.05) is 26.1 Å². The normalized spacial score (nSPS) is 12.5. The Hall–Kier alpha value is -1.09. The average Bonchev–Trinajstić information content (AvgIpc) is 2.15. The highest BCUT2D eigenvalue weighted by atomic mass is 32.1. The molecule has 1 atom stereocenters. The summed E-state index contributed by atoms with van der Waals surface area (Å²) in [5, 5.41) is 0. The van der Waals surface area contributed by atoms with Crippen LogP contribution in [-0.4, -0.2) is 11.1 Å². The molecule has 0 fully saturated rings. The standard InChI is InChI=1S/C14H21NOS/c1-9(2)7-11(4)16-12-5-6-13(14(15)17)10(3)8-12/h5-6,8-9,11H,7H2,1-4H3,(H2,15,17). The van der Waals surface area contributed by atoms with Gasteiger partial charge < -0.3 is 10.5 Å². The van der Waals surface area contributed by atoms with E-state index in [4.69, 9.17) is 22.7 Å². The summed E-state index contributed by atoms with van der Waals surface area (Å²) in [6, 6.07) is 5.85. The van der Waals surface area contributed by atoms with Crippen LogP contribution in [-0.2, 0) is 0 Å². The second kappa shape index (κ2) is 6.01. The van der Waals surface area contributed by atoms with E-state index in [0.717, 1.165) is 23.3 Å². The van der Waals surface area contributed by atoms with Gasteiger partial charge in [0.1, 0.15) is 10.7 Å². The Balaban J connectivity index is 2.74. The fourth-order valence-electron chi connectivity index (χ4n) is 1.93. The van der Waals surface area contributed by atoms with E-state index in [1.54, 1.807) is 0 Å². The van der Waals surface area contributed by atoms with E-state index in [2.05, 4.69) is 20.8 Å². The van der Waals surface area contributed by atoms with Crippen LogP contribution in [0.25, 0.3) is 0 Å². The molecule has 0 saturated carbocycles. The van der Waals surface area contributed by atoms with Gasteiger partial charge in [0.15, 0.2) is 0 Å². The van der Waals surface area contributed by atoms with Crippen LogP contribution < -0.4 is 10.5 Å². The molecule has 0 heterocycles. The van der Waals surface area contributed by atoms with Crippen molar-refractivity contribution in [1.29, 1.82) is 0 Å². The van der Waals surface area contributed by atoms with Crippen LogP contribution in [0.1, 0.15) is 38.3 Å². The fraction of sp³-hybridized carbons (Fsp3) is 0.500. The average molecular weight is 251 g/mol. The minimum absolute atomic E-state index is 0.227. The lowest BCUT2D eigenvalue weighted by molar-refractivity contribution is 0.193. The van der Waals surface area contributed by atoms with Gasteiger partial charge in [-0.15, -0.1) is 0 Å². The number of hydrogen-bond acceptors (Lipinski definition) is 2. The topological polar surface area (TPSA) is 35.2 Å². The molecule has 0 aromatic heterocycles. The molecule has 1 unspecified atom stereocenters. The molecule has 0 saturated heterocycles. The van der Waals surface area contributed by atoms with E-state index in [-0.39, 0.29) is 6.10 Å². The minimum atomic E-state index is 0.227. The van der Waals surface area contributed by atoms with Crippen LogP contribution in [0.2, 0.25) is 0 Å². The maximum Gasteiger partial charge on any atom is 0.120 e. The largest absolute Gasteiger partial charge is 0.491 e. The second-order valence-electron chi connectivity index (χ2n) is 4.90. The summed E-state index contributed by atoms with van der Waals surface area (Å²) in [5.74, 6) is 1.53. The van der Waals surface area contributed by atoms with Crippen molar-refractivity contribution >= 4 is 17.2 Å². The van der Waals surface area contributed by atoms with E-state index < -0.39 is 0 Å². The Morgan fingerprint density at radius 1 is 1.35 bits per heavy atom. The van der Waals surface area contributed by atoms with Crippen molar-refractivity contribution < 1.29 is 4.74 Å². The molecule has 2 nitrogen and oxygen atoms in total. The van der Waals surface area contributed by atoms with Gasteiger partial charge in [0.2, 0.25) is 0 Å². The van der Waals surface area contributed by atoms with Crippen molar-refractivity contribution in [3.05, 3.63) is 29.3 Å². The summed E-state index contributed by atoms with van der Waals surface area (Å²) < 4.78 is 5.86. The predicted molar refractivity (Wildman–Crippen MR) is 76.6 cm³/mol. The third kappa shape index (κ3) is 4.35. The van der Waals surface area contributed by atoms with Gasteiger partial charge >= 0.3 is 0 Å². The summed E-state index contributed by atoms with van der Waals surface area (Å²) in [5.41, 5.74) is 7.60. The Kier molecular flexibility index (Phi) is 4.94. The van der Waals surface area contributed by atoms with E-state index in [1.165, 1.54) is 0 Å². The van der Waals surface area contributed by atoms with Crippen LogP contribution in [0.15, 0.2) is 18.2 Å². The quantitative estimate of drug-likeness (QED) is 0.814. The highest BCUT2D eigenvalue weighted by molar-refractivity contribution is 7.80. The molecule has 0 radical (unpaired) electrons. The Morgan fingerprint density at radius 2 is 2.00 bits per heavy atom. The molecule has 3 heteroatoms. The van der Waals surface area contributed by atoms with Crippen LogP contribution in [0.4, 0.5) is 0 Å². The monoisotopic (exact) mass is 251 g/mol. The third-order valence-corrected chi connectivity index (χ3v) is 2.82. The van der Waals surface area contributed by atoms with Gasteiger partial charge in [-0.25, -0.2) is 0 Å². The maximum absolute atomic E-state index is 5.86. The smallest absolute Gasteiger partial charge is 0.120 e. The maximum atomic E-state index is 5.86. The highest BCUT2D eigenvalue weighted by Gasteiger charge is 2.08. The SMILES string of the molecule is Cc1cc(OC(C)CC(C)C)ccc1C(N)=S. The molecule has 1 aromatic rings. The van der Waals surface area contributed by atoms with Crippen LogP contribution in [0, 0.1) is 12.8 Å². The van der Waals surface area contributed by atoms with Crippen molar-refractivity contribution in [2.75, 3.05) is 0 Å². The molecular weight excluding hydrogens is 230 g/mol. The van der Waals surface area contributed by atoms with Crippen LogP contribution in [0.3, 0.4) is 0 Å². The van der Waals surface area contributed by atoms with Crippen LogP contribution >= 0.6 is 12.2 Å². The van der Waals surface area contributed by atoms with Crippen molar-refractivity contribution in [3.8, 4) is 5.75 Å². The summed E-state index contributed by atoms with van der Waals surface area (Å²) >= 11 is 4.97. The first kappa shape index (κ1) is 14.0. The number of nitrogens with two attached hydrogens (primary N) is 1. The van der Waals surface area contributed by atoms with E-state index in [0.29, 0.717) is 10.9 Å². The molecule has 0 aliphatic rings. The van der Waals surface area contributed by atoms with Gasteiger partial charge in [0, 0.05) is 5.56 Å². The molecule has 17 heavy (non-hydrogen) atoms. The predicted octanol–water partition coefficient (Wildman–Crippen LogP) is 3.44. The molecule has 0 aliphatic carbocycles. The first-order valence-corrected chi connectivity index (χ1v) is 6.38. The summed E-state index contributed by atoms with van der Waals surface area (Å²) in [7, 11) is 0. The van der Waals surface area contributed by atoms with E-state index >= 15 is 0 Å². The van der Waals surface area contributed by atoms with Gasteiger partial charge in [-0.05, 0) is 49.9 Å². The Bertz CT molecular complexity index is 401. The molecule has 1 aromatic carbocycles. The first-order chi connectivity index (χ1) is 7.90. The molecule has 0 aliphatic heterocycles. The zero-order valence-corrected chi connectivity index (χ0v) is 11.8. The molecule has 94 valence electrons. The first-order valence-electron chi connectivity index (χ1n) is 5.97. The van der Waals surface area contributed by atoms with Crippen molar-refractivity contribution in [1.82, 2.24) is 0 Å². The molecule has 2 N–H and O–H groups in total. The number of rotatable bonds is 5. The Labute approximate surface area is 109 Å². The fourth-order valence-corrected chi connectivity index (χ4v) is 2.16. The van der Waals surface area contributed by atoms with E-state index in [9.17, 15) is 0 Å². The zero-order valence-electron chi connectivity index (χ0n) is 11.0. The molecule has 0 bridgehead atoms. The summed E-state index contributed by atoms with van der Waals surface area (Å²) in [4.78, 5) is 0.435. The second-order valence-corrected chi connectivity index (χ2v) is 5.34. The Morgan fingerprint density at radius 3 is 2.47 bits per heavy atom. The summed E-state index contributed by atoms with van der Waals surface area (Å²) in [6.07, 6.45) is 1.28. The number of aryl methyl sites for hydroxylation is 1. The van der Waals surface area contributed by atoms with Gasteiger partial charge in [0.05, 0.1) is 6.10 Å². The number of thiocarbonyl (C=S) groups is 1. The van der Waals surface area contributed by atoms with Gasteiger partial charge in [0.25, 0.3) is 0 Å². The lowest BCUT2D eigenvalue weighted by atomic mass is 10.1. The highest BCUT2D eigenvalue weighted by Crippen LogP contribution is 2.20. The summed E-state index contributed by atoms with van der Waals surface area (Å²) in [6.45, 7) is 8.48. The number of benzene rings is 1. The van der Waals surface area contributed by atoms with Gasteiger partial charge in [-0.2, -0.15) is 0 Å². The van der Waals surface area contributed by atoms with Crippen molar-refractivity contribution in [3.63, 3.8) is 0 Å². The minimum Gasteiger partial charge on any atom is -0.491 e. The molecular formula is C14H21NOS. The van der Waals surface area contributed by atoms with Gasteiger partial charge in [-0.3, -0.25) is 0 Å². The molecule has 1 rings (SSSR count). The van der Waals surface area contributed by atoms with E-state index in [1.807, 2.05) is 25.1 Å². The van der Waals surface area contributed by atoms with Crippen molar-refractivity contribution in [2.24, 2.45) is 11.7 Å². The lowest BCUT2D eigenvalue weighted by Crippen LogP contribution is -2.15. The molecule has 0 spiro atoms. The third-order valence-electron chi connectivity index (χ3n) is 2.60. The zero-order chi connectivity index (χ0) is 13.0.